The molecule has 1 aromatic rings. The van der Waals surface area contributed by atoms with E-state index in [1.165, 1.54) is 6.07 Å². The minimum Gasteiger partial charge on any atom is -0.370 e. The molecule has 0 saturated heterocycles. The number of benzene rings is 1. The number of hydrogen-bond donors (Lipinski definition) is 3. The lowest BCUT2D eigenvalue weighted by Gasteiger charge is -2.07. The zero-order valence-corrected chi connectivity index (χ0v) is 11.1. The van der Waals surface area contributed by atoms with E-state index in [2.05, 4.69) is 4.99 Å². The largest absolute Gasteiger partial charge is 0.370 e. The van der Waals surface area contributed by atoms with Crippen LogP contribution >= 0.6 is 0 Å². The number of carbonyl (C=O) groups is 1. The Bertz CT molecular complexity index is 690. The van der Waals surface area contributed by atoms with Crippen molar-refractivity contribution in [3.8, 4) is 0 Å². The highest BCUT2D eigenvalue weighted by Gasteiger charge is 2.33. The zero-order chi connectivity index (χ0) is 14.4. The molecule has 0 saturated carbocycles. The normalized spacial score (nSPS) is 19.8. The van der Waals surface area contributed by atoms with E-state index < -0.39 is 21.8 Å². The highest BCUT2D eigenvalue weighted by molar-refractivity contribution is 7.91. The lowest BCUT2D eigenvalue weighted by Crippen LogP contribution is -2.24. The Labute approximate surface area is 110 Å². The molecule has 0 radical (unpaired) electrons. The maximum atomic E-state index is 11.9. The van der Waals surface area contributed by atoms with Gasteiger partial charge < -0.3 is 17.2 Å². The lowest BCUT2D eigenvalue weighted by atomic mass is 10.0. The molecule has 0 bridgehead atoms. The van der Waals surface area contributed by atoms with Crippen molar-refractivity contribution in [1.29, 1.82) is 0 Å². The van der Waals surface area contributed by atoms with Gasteiger partial charge in [0, 0.05) is 11.6 Å². The lowest BCUT2D eigenvalue weighted by molar-refractivity contribution is 0.100. The van der Waals surface area contributed by atoms with Crippen molar-refractivity contribution >= 4 is 21.7 Å². The number of guanidine groups is 1. The van der Waals surface area contributed by atoms with Crippen molar-refractivity contribution in [1.82, 2.24) is 0 Å². The summed E-state index contributed by atoms with van der Waals surface area (Å²) in [4.78, 5) is 15.3. The van der Waals surface area contributed by atoms with Crippen molar-refractivity contribution in [2.24, 2.45) is 22.2 Å². The topological polar surface area (TPSA) is 142 Å². The summed E-state index contributed by atoms with van der Waals surface area (Å²) in [6.45, 7) is 1.67. The fourth-order valence-electron chi connectivity index (χ4n) is 2.09. The third-order valence-corrected chi connectivity index (χ3v) is 4.77. The second kappa shape index (κ2) is 4.32. The molecule has 1 atom stereocenters. The standard InChI is InChI=1S/C11H14N4O3S/c1-5-2-7-8(12)4-19(17,18)9(7)3-6(5)10(16)15-11(13)14/h2-3,8H,4,12H2,1H3,(H4,13,14,15,16). The van der Waals surface area contributed by atoms with Crippen molar-refractivity contribution in [2.45, 2.75) is 17.9 Å². The average Bonchev–Trinajstić information content (AvgIpc) is 2.47. The smallest absolute Gasteiger partial charge is 0.280 e. The van der Waals surface area contributed by atoms with Crippen LogP contribution < -0.4 is 17.2 Å². The molecule has 2 rings (SSSR count). The van der Waals surface area contributed by atoms with E-state index in [4.69, 9.17) is 17.2 Å². The maximum Gasteiger partial charge on any atom is 0.280 e. The van der Waals surface area contributed by atoms with Crippen LogP contribution in [0.15, 0.2) is 22.0 Å². The molecule has 1 amide bonds. The number of rotatable bonds is 1. The SMILES string of the molecule is Cc1cc2c(cc1C(=O)N=C(N)N)S(=O)(=O)CC2N. The first kappa shape index (κ1) is 13.5. The Kier molecular flexibility index (Phi) is 3.07. The summed E-state index contributed by atoms with van der Waals surface area (Å²) in [7, 11) is -3.44. The number of nitrogens with two attached hydrogens (primary N) is 3. The van der Waals surface area contributed by atoms with Gasteiger partial charge in [-0.1, -0.05) is 6.07 Å². The van der Waals surface area contributed by atoms with Gasteiger partial charge in [0.25, 0.3) is 5.91 Å². The van der Waals surface area contributed by atoms with Gasteiger partial charge in [-0.15, -0.1) is 0 Å². The quantitative estimate of drug-likeness (QED) is 0.454. The predicted molar refractivity (Wildman–Crippen MR) is 70.3 cm³/mol. The average molecular weight is 282 g/mol. The van der Waals surface area contributed by atoms with Crippen molar-refractivity contribution in [2.75, 3.05) is 5.75 Å². The Hall–Kier alpha value is -1.93. The summed E-state index contributed by atoms with van der Waals surface area (Å²) in [5.74, 6) is -1.19. The minimum atomic E-state index is -3.44. The van der Waals surface area contributed by atoms with E-state index in [0.29, 0.717) is 11.1 Å². The first-order valence-corrected chi connectivity index (χ1v) is 7.14. The van der Waals surface area contributed by atoms with Gasteiger partial charge in [-0.05, 0) is 24.1 Å². The molecular formula is C11H14N4O3S. The second-order valence-electron chi connectivity index (χ2n) is 4.43. The molecule has 1 heterocycles. The van der Waals surface area contributed by atoms with Crippen LogP contribution in [0.1, 0.15) is 27.5 Å². The predicted octanol–water partition coefficient (Wildman–Crippen LogP) is -0.804. The number of nitrogens with zero attached hydrogens (tertiary/aromatic N) is 1. The molecule has 1 aromatic carbocycles. The third kappa shape index (κ3) is 2.32. The monoisotopic (exact) mass is 282 g/mol. The van der Waals surface area contributed by atoms with E-state index in [0.717, 1.165) is 0 Å². The summed E-state index contributed by atoms with van der Waals surface area (Å²) < 4.78 is 23.8. The van der Waals surface area contributed by atoms with E-state index in [-0.39, 0.29) is 22.2 Å². The minimum absolute atomic E-state index is 0.0831. The molecule has 1 aliphatic heterocycles. The number of carbonyl (C=O) groups excluding carboxylic acids is 1. The molecule has 19 heavy (non-hydrogen) atoms. The molecule has 102 valence electrons. The second-order valence-corrected chi connectivity index (χ2v) is 6.44. The molecule has 6 N–H and O–H groups in total. The molecule has 0 fully saturated rings. The maximum absolute atomic E-state index is 11.9. The Balaban J connectivity index is 2.63. The van der Waals surface area contributed by atoms with Gasteiger partial charge in [-0.3, -0.25) is 4.79 Å². The summed E-state index contributed by atoms with van der Waals surface area (Å²) >= 11 is 0. The van der Waals surface area contributed by atoms with Crippen LogP contribution in [-0.2, 0) is 9.84 Å². The summed E-state index contributed by atoms with van der Waals surface area (Å²) in [5.41, 5.74) is 17.3. The van der Waals surface area contributed by atoms with E-state index in [9.17, 15) is 13.2 Å². The van der Waals surface area contributed by atoms with Crippen molar-refractivity contribution in [3.63, 3.8) is 0 Å². The molecule has 0 aromatic heterocycles. The molecule has 8 heteroatoms. The van der Waals surface area contributed by atoms with Crippen LogP contribution in [-0.4, -0.2) is 26.0 Å². The van der Waals surface area contributed by atoms with E-state index in [1.807, 2.05) is 0 Å². The van der Waals surface area contributed by atoms with Crippen LogP contribution in [0.4, 0.5) is 0 Å². The number of amides is 1. The van der Waals surface area contributed by atoms with Gasteiger partial charge in [0.05, 0.1) is 10.6 Å². The van der Waals surface area contributed by atoms with Crippen LogP contribution in [0.5, 0.6) is 0 Å². The van der Waals surface area contributed by atoms with Crippen LogP contribution in [0.2, 0.25) is 0 Å². The molecule has 1 unspecified atom stereocenters. The van der Waals surface area contributed by atoms with Gasteiger partial charge in [-0.25, -0.2) is 8.42 Å². The number of aryl methyl sites for hydroxylation is 1. The summed E-state index contributed by atoms with van der Waals surface area (Å²) in [6, 6.07) is 2.33. The molecule has 7 nitrogen and oxygen atoms in total. The van der Waals surface area contributed by atoms with Crippen molar-refractivity contribution in [3.05, 3.63) is 28.8 Å². The highest BCUT2D eigenvalue weighted by atomic mass is 32.2. The van der Waals surface area contributed by atoms with Gasteiger partial charge in [0.1, 0.15) is 0 Å². The molecule has 0 aliphatic carbocycles. The molecule has 0 spiro atoms. The van der Waals surface area contributed by atoms with Gasteiger partial charge in [0.15, 0.2) is 15.8 Å². The van der Waals surface area contributed by atoms with E-state index in [1.54, 1.807) is 13.0 Å². The van der Waals surface area contributed by atoms with Gasteiger partial charge in [0.2, 0.25) is 0 Å². The van der Waals surface area contributed by atoms with Crippen LogP contribution in [0.3, 0.4) is 0 Å². The van der Waals surface area contributed by atoms with Gasteiger partial charge in [-0.2, -0.15) is 4.99 Å². The van der Waals surface area contributed by atoms with Crippen LogP contribution in [0, 0.1) is 6.92 Å². The number of fused-ring (bicyclic) bond motifs is 1. The zero-order valence-electron chi connectivity index (χ0n) is 10.3. The Morgan fingerprint density at radius 2 is 2.00 bits per heavy atom. The van der Waals surface area contributed by atoms with Crippen LogP contribution in [0.25, 0.3) is 0 Å². The third-order valence-electron chi connectivity index (χ3n) is 2.95. The number of hydrogen-bond acceptors (Lipinski definition) is 4. The Morgan fingerprint density at radius 1 is 1.37 bits per heavy atom. The first-order chi connectivity index (χ1) is 8.72. The molecular weight excluding hydrogens is 268 g/mol. The fraction of sp³-hybridized carbons (Fsp3) is 0.273. The summed E-state index contributed by atoms with van der Waals surface area (Å²) in [5, 5.41) is 0. The van der Waals surface area contributed by atoms with Crippen molar-refractivity contribution < 1.29 is 13.2 Å². The first-order valence-electron chi connectivity index (χ1n) is 5.49. The summed E-state index contributed by atoms with van der Waals surface area (Å²) in [6.07, 6.45) is 0. The highest BCUT2D eigenvalue weighted by Crippen LogP contribution is 2.34. The molecule has 1 aliphatic rings. The Morgan fingerprint density at radius 3 is 2.58 bits per heavy atom. The van der Waals surface area contributed by atoms with Gasteiger partial charge >= 0.3 is 0 Å². The number of sulfone groups is 1. The van der Waals surface area contributed by atoms with E-state index >= 15 is 0 Å². The number of aliphatic imine (C=N–C) groups is 1. The fourth-order valence-corrected chi connectivity index (χ4v) is 3.79.